The highest BCUT2D eigenvalue weighted by Crippen LogP contribution is 2.33. The molecule has 2 nitrogen and oxygen atoms in total. The highest BCUT2D eigenvalue weighted by molar-refractivity contribution is 7.13. The van der Waals surface area contributed by atoms with Gasteiger partial charge in [-0.25, -0.2) is 4.57 Å². The third-order valence-corrected chi connectivity index (χ3v) is 6.97. The van der Waals surface area contributed by atoms with E-state index in [0.29, 0.717) is 0 Å². The van der Waals surface area contributed by atoms with E-state index in [1.807, 2.05) is 11.3 Å². The molecule has 2 aromatic heterocycles. The van der Waals surface area contributed by atoms with E-state index in [9.17, 15) is 17.3 Å². The normalized spacial score (nSPS) is 11.2. The smallest absolute Gasteiger partial charge is 0.418 e. The number of hydrogen-bond acceptors (Lipinski definition) is 2. The highest BCUT2D eigenvalue weighted by atomic mass is 32.1. The summed E-state index contributed by atoms with van der Waals surface area (Å²) in [5, 5.41) is 2.30. The lowest BCUT2D eigenvalue weighted by molar-refractivity contribution is -0.660. The number of benzene rings is 1. The van der Waals surface area contributed by atoms with E-state index in [4.69, 9.17) is 0 Å². The fourth-order valence-corrected chi connectivity index (χ4v) is 5.10. The van der Waals surface area contributed by atoms with Gasteiger partial charge in [0.2, 0.25) is 5.69 Å². The summed E-state index contributed by atoms with van der Waals surface area (Å²) in [7, 11) is -3.88. The number of aryl methyl sites for hydroxylation is 1. The second kappa shape index (κ2) is 15.7. The topological polar surface area (TPSA) is 7.12 Å². The fourth-order valence-electron chi connectivity index (χ4n) is 4.11. The monoisotopic (exact) mass is 522 g/mol. The average molecular weight is 523 g/mol. The first-order chi connectivity index (χ1) is 17.2. The van der Waals surface area contributed by atoms with Crippen molar-refractivity contribution in [3.05, 3.63) is 60.1 Å². The number of hydrogen-bond donors (Lipinski definition) is 0. The quantitative estimate of drug-likeness (QED) is 0.0940. The van der Waals surface area contributed by atoms with Gasteiger partial charge in [-0.15, -0.1) is 11.3 Å². The van der Waals surface area contributed by atoms with Crippen LogP contribution < -0.4 is 9.47 Å². The van der Waals surface area contributed by atoms with Crippen molar-refractivity contribution in [2.24, 2.45) is 7.05 Å². The molecular formula is C28H39BF4N2S. The molecule has 1 aromatic carbocycles. The summed E-state index contributed by atoms with van der Waals surface area (Å²) < 4.78 is 41.2. The Morgan fingerprint density at radius 3 is 2.00 bits per heavy atom. The standard InChI is InChI=1S/C28H39N2S.BF4/c1-4-6-8-11-19-30(20-12-9-7-5-2)26-16-14-15-24(21-26)25-22-28(31-23-25)27-17-10-13-18-29(27)3;2-1(3,4)5/h10,13-18,21-23H,4-9,11-12,19-20H2,1-3H3;/q+1;-1. The maximum Gasteiger partial charge on any atom is 0.673 e. The van der Waals surface area contributed by atoms with Crippen molar-refractivity contribution in [1.29, 1.82) is 0 Å². The van der Waals surface area contributed by atoms with Gasteiger partial charge in [-0.3, -0.25) is 0 Å². The molecule has 0 saturated heterocycles. The fraction of sp³-hybridized carbons (Fsp3) is 0.464. The zero-order valence-corrected chi connectivity index (χ0v) is 22.6. The van der Waals surface area contributed by atoms with E-state index in [1.54, 1.807) is 0 Å². The molecule has 0 N–H and O–H groups in total. The van der Waals surface area contributed by atoms with Crippen LogP contribution in [0.15, 0.2) is 60.1 Å². The van der Waals surface area contributed by atoms with Crippen LogP contribution in [0.25, 0.3) is 21.7 Å². The van der Waals surface area contributed by atoms with Crippen molar-refractivity contribution in [1.82, 2.24) is 0 Å². The minimum Gasteiger partial charge on any atom is -0.418 e. The lowest BCUT2D eigenvalue weighted by Crippen LogP contribution is -2.29. The number of nitrogens with zero attached hydrogens (tertiary/aromatic N) is 2. The molecule has 0 saturated carbocycles. The Bertz CT molecular complexity index is 1000. The molecule has 0 amide bonds. The van der Waals surface area contributed by atoms with Gasteiger partial charge in [0.25, 0.3) is 0 Å². The molecule has 3 aromatic rings. The summed E-state index contributed by atoms with van der Waals surface area (Å²) in [6, 6.07) is 17.9. The molecule has 0 aliphatic rings. The van der Waals surface area contributed by atoms with Gasteiger partial charge in [-0.1, -0.05) is 64.5 Å². The predicted octanol–water partition coefficient (Wildman–Crippen LogP) is 9.17. The molecule has 3 rings (SSSR count). The minimum absolute atomic E-state index is 1.17. The van der Waals surface area contributed by atoms with Gasteiger partial charge in [-0.05, 0) is 53.6 Å². The lowest BCUT2D eigenvalue weighted by atomic mass is 10.1. The maximum atomic E-state index is 9.75. The van der Waals surface area contributed by atoms with Crippen molar-refractivity contribution in [2.75, 3.05) is 18.0 Å². The third kappa shape index (κ3) is 11.1. The Kier molecular flexibility index (Phi) is 13.0. The highest BCUT2D eigenvalue weighted by Gasteiger charge is 2.20. The summed E-state index contributed by atoms with van der Waals surface area (Å²) in [4.78, 5) is 3.94. The van der Waals surface area contributed by atoms with E-state index >= 15 is 0 Å². The molecule has 0 spiro atoms. The first-order valence-corrected chi connectivity index (χ1v) is 13.9. The molecule has 0 radical (unpaired) electrons. The number of halogens is 4. The van der Waals surface area contributed by atoms with Crippen molar-refractivity contribution in [3.8, 4) is 21.7 Å². The molecule has 0 fully saturated rings. The molecular weight excluding hydrogens is 483 g/mol. The SMILES string of the molecule is CCCCCCN(CCCCCC)c1cccc(-c2csc(-c3cccc[n+]3C)c2)c1.F[B-](F)(F)F. The number of pyridine rings is 1. The van der Waals surface area contributed by atoms with Crippen LogP contribution in [0.5, 0.6) is 0 Å². The molecule has 0 bridgehead atoms. The first-order valence-electron chi connectivity index (χ1n) is 13.0. The Labute approximate surface area is 218 Å². The van der Waals surface area contributed by atoms with Crippen LogP contribution in [0.1, 0.15) is 65.2 Å². The van der Waals surface area contributed by atoms with Crippen LogP contribution in [-0.4, -0.2) is 20.3 Å². The minimum atomic E-state index is -6.00. The molecule has 0 aliphatic carbocycles. The molecule has 36 heavy (non-hydrogen) atoms. The molecule has 0 unspecified atom stereocenters. The van der Waals surface area contributed by atoms with Crippen LogP contribution >= 0.6 is 11.3 Å². The molecule has 0 atom stereocenters. The first kappa shape index (κ1) is 29.9. The number of rotatable bonds is 13. The van der Waals surface area contributed by atoms with Crippen molar-refractivity contribution in [3.63, 3.8) is 0 Å². The Balaban J connectivity index is 0.000000830. The Hall–Kier alpha value is -2.35. The van der Waals surface area contributed by atoms with Gasteiger partial charge in [0.15, 0.2) is 6.20 Å². The average Bonchev–Trinajstić information content (AvgIpc) is 3.32. The molecule has 198 valence electrons. The van der Waals surface area contributed by atoms with Gasteiger partial charge in [-0.2, -0.15) is 0 Å². The second-order valence-electron chi connectivity index (χ2n) is 9.05. The van der Waals surface area contributed by atoms with Crippen molar-refractivity contribution in [2.45, 2.75) is 65.2 Å². The van der Waals surface area contributed by atoms with Gasteiger partial charge in [0.1, 0.15) is 7.05 Å². The summed E-state index contributed by atoms with van der Waals surface area (Å²) in [6.07, 6.45) is 12.7. The van der Waals surface area contributed by atoms with Crippen molar-refractivity contribution >= 4 is 24.3 Å². The van der Waals surface area contributed by atoms with Crippen LogP contribution in [-0.2, 0) is 7.05 Å². The summed E-state index contributed by atoms with van der Waals surface area (Å²) in [5.74, 6) is 0. The van der Waals surface area contributed by atoms with Gasteiger partial charge >= 0.3 is 7.25 Å². The van der Waals surface area contributed by atoms with Crippen LogP contribution in [0.3, 0.4) is 0 Å². The van der Waals surface area contributed by atoms with Crippen molar-refractivity contribution < 1.29 is 21.8 Å². The van der Waals surface area contributed by atoms with Gasteiger partial charge < -0.3 is 22.2 Å². The van der Waals surface area contributed by atoms with E-state index < -0.39 is 7.25 Å². The third-order valence-electron chi connectivity index (χ3n) is 6.01. The van der Waals surface area contributed by atoms with E-state index in [-0.39, 0.29) is 0 Å². The number of aromatic nitrogens is 1. The zero-order chi connectivity index (χ0) is 26.4. The Morgan fingerprint density at radius 2 is 1.42 bits per heavy atom. The number of anilines is 1. The summed E-state index contributed by atoms with van der Waals surface area (Å²) in [5.41, 5.74) is 5.29. The summed E-state index contributed by atoms with van der Waals surface area (Å²) in [6.45, 7) is 6.92. The summed E-state index contributed by atoms with van der Waals surface area (Å²) >= 11 is 1.83. The van der Waals surface area contributed by atoms with Crippen LogP contribution in [0, 0.1) is 0 Å². The lowest BCUT2D eigenvalue weighted by Gasteiger charge is -2.25. The van der Waals surface area contributed by atoms with E-state index in [1.165, 1.54) is 91.8 Å². The van der Waals surface area contributed by atoms with Gasteiger partial charge in [0, 0.05) is 30.9 Å². The largest absolute Gasteiger partial charge is 0.673 e. The van der Waals surface area contributed by atoms with E-state index in [2.05, 4.69) is 90.5 Å². The Morgan fingerprint density at radius 1 is 0.778 bits per heavy atom. The predicted molar refractivity (Wildman–Crippen MR) is 147 cm³/mol. The second-order valence-corrected chi connectivity index (χ2v) is 9.96. The van der Waals surface area contributed by atoms with Crippen LogP contribution in [0.4, 0.5) is 23.0 Å². The van der Waals surface area contributed by atoms with Gasteiger partial charge in [0.05, 0.1) is 4.88 Å². The molecule has 0 aliphatic heterocycles. The number of thiophene rings is 1. The van der Waals surface area contributed by atoms with Crippen LogP contribution in [0.2, 0.25) is 0 Å². The number of unbranched alkanes of at least 4 members (excludes halogenated alkanes) is 6. The van der Waals surface area contributed by atoms with E-state index in [0.717, 1.165) is 0 Å². The zero-order valence-electron chi connectivity index (χ0n) is 21.7. The molecule has 2 heterocycles. The maximum absolute atomic E-state index is 9.75. The molecule has 8 heteroatoms.